The van der Waals surface area contributed by atoms with Gasteiger partial charge in [-0.15, -0.1) is 0 Å². The van der Waals surface area contributed by atoms with Crippen molar-refractivity contribution in [3.8, 4) is 0 Å². The van der Waals surface area contributed by atoms with Crippen LogP contribution in [0.5, 0.6) is 0 Å². The lowest BCUT2D eigenvalue weighted by Crippen LogP contribution is -2.29. The van der Waals surface area contributed by atoms with Gasteiger partial charge >= 0.3 is 0 Å². The lowest BCUT2D eigenvalue weighted by atomic mass is 10.1. The van der Waals surface area contributed by atoms with Crippen molar-refractivity contribution < 1.29 is 0 Å². The maximum atomic E-state index is 3.30. The number of nitrogens with one attached hydrogen (secondary N) is 3. The molecule has 1 unspecified atom stereocenters. The van der Waals surface area contributed by atoms with Crippen LogP contribution in [-0.2, 0) is 0 Å². The highest BCUT2D eigenvalue weighted by Gasteiger charge is 2.21. The van der Waals surface area contributed by atoms with Gasteiger partial charge in [0.15, 0.2) is 0 Å². The lowest BCUT2D eigenvalue weighted by molar-refractivity contribution is 0.562. The number of hydrazine groups is 1. The smallest absolute Gasteiger partial charge is 0.0291 e. The van der Waals surface area contributed by atoms with Gasteiger partial charge in [-0.05, 0) is 6.08 Å². The molecule has 0 radical (unpaired) electrons. The van der Waals surface area contributed by atoms with Crippen molar-refractivity contribution >= 4 is 0 Å². The van der Waals surface area contributed by atoms with E-state index in [4.69, 9.17) is 0 Å². The maximum Gasteiger partial charge on any atom is 0.0291 e. The summed E-state index contributed by atoms with van der Waals surface area (Å²) < 4.78 is 0. The fraction of sp³-hybridized carbons (Fsp3) is 0.667. The van der Waals surface area contributed by atoms with E-state index in [9.17, 15) is 0 Å². The van der Waals surface area contributed by atoms with Gasteiger partial charge in [-0.1, -0.05) is 0 Å². The highest BCUT2D eigenvalue weighted by Crippen LogP contribution is 2.12. The molecule has 3 heteroatoms. The van der Waals surface area contributed by atoms with Crippen LogP contribution in [0.3, 0.4) is 0 Å². The van der Waals surface area contributed by atoms with Crippen LogP contribution >= 0.6 is 0 Å². The van der Waals surface area contributed by atoms with E-state index < -0.39 is 0 Å². The van der Waals surface area contributed by atoms with E-state index in [-0.39, 0.29) is 0 Å². The Morgan fingerprint density at radius 1 is 1.44 bits per heavy atom. The number of fused-ring (bicyclic) bond motifs is 1. The summed E-state index contributed by atoms with van der Waals surface area (Å²) in [5.41, 5.74) is 7.60. The molecule has 0 aromatic rings. The summed E-state index contributed by atoms with van der Waals surface area (Å²) in [6.45, 7) is 3.20. The number of rotatable bonds is 0. The van der Waals surface area contributed by atoms with Crippen LogP contribution in [0, 0.1) is 5.92 Å². The molecule has 1 atom stereocenters. The third kappa shape index (κ3) is 0.821. The third-order valence-electron chi connectivity index (χ3n) is 1.88. The molecule has 50 valence electrons. The van der Waals surface area contributed by atoms with Crippen LogP contribution in [0.1, 0.15) is 0 Å². The Kier molecular flexibility index (Phi) is 1.17. The van der Waals surface area contributed by atoms with E-state index in [2.05, 4.69) is 22.2 Å². The first-order chi connectivity index (χ1) is 4.47. The summed E-state index contributed by atoms with van der Waals surface area (Å²) >= 11 is 0. The molecule has 2 rings (SSSR count). The molecule has 1 saturated heterocycles. The Bertz CT molecular complexity index is 141. The topological polar surface area (TPSA) is 36.1 Å². The summed E-state index contributed by atoms with van der Waals surface area (Å²) in [6, 6.07) is 0. The molecule has 1 fully saturated rings. The van der Waals surface area contributed by atoms with E-state index in [0.717, 1.165) is 19.6 Å². The van der Waals surface area contributed by atoms with Gasteiger partial charge < -0.3 is 10.7 Å². The highest BCUT2D eigenvalue weighted by molar-refractivity contribution is 5.12. The second-order valence-corrected chi connectivity index (χ2v) is 2.52. The minimum absolute atomic E-state index is 0.693. The monoisotopic (exact) mass is 125 g/mol. The zero-order valence-corrected chi connectivity index (χ0v) is 5.28. The van der Waals surface area contributed by atoms with Crippen molar-refractivity contribution in [1.82, 2.24) is 16.2 Å². The van der Waals surface area contributed by atoms with Gasteiger partial charge in [-0.2, -0.15) is 0 Å². The van der Waals surface area contributed by atoms with Crippen LogP contribution < -0.4 is 16.2 Å². The minimum Gasteiger partial charge on any atom is -0.325 e. The van der Waals surface area contributed by atoms with Crippen molar-refractivity contribution in [1.29, 1.82) is 0 Å². The zero-order valence-electron chi connectivity index (χ0n) is 5.28. The molecule has 2 aliphatic rings. The summed E-state index contributed by atoms with van der Waals surface area (Å²) in [5, 5.41) is 3.30. The van der Waals surface area contributed by atoms with Crippen LogP contribution in [0.25, 0.3) is 0 Å². The normalized spacial score (nSPS) is 32.9. The molecule has 0 amide bonds. The molecule has 3 N–H and O–H groups in total. The molecule has 0 saturated carbocycles. The van der Waals surface area contributed by atoms with Crippen molar-refractivity contribution in [2.24, 2.45) is 5.92 Å². The molecule has 2 heterocycles. The van der Waals surface area contributed by atoms with Gasteiger partial charge in [-0.25, -0.2) is 5.43 Å². The van der Waals surface area contributed by atoms with E-state index in [1.54, 1.807) is 0 Å². The molecule has 0 aromatic heterocycles. The maximum absolute atomic E-state index is 3.30. The Hall–Kier alpha value is -0.540. The third-order valence-corrected chi connectivity index (χ3v) is 1.88. The first kappa shape index (κ1) is 5.26. The van der Waals surface area contributed by atoms with Crippen LogP contribution in [0.15, 0.2) is 11.8 Å². The fourth-order valence-electron chi connectivity index (χ4n) is 1.33. The SMILES string of the molecule is C1=C2NNCC2CNC1. The molecule has 0 bridgehead atoms. The first-order valence-electron chi connectivity index (χ1n) is 3.36. The number of hydrogen-bond donors (Lipinski definition) is 3. The largest absolute Gasteiger partial charge is 0.325 e. The van der Waals surface area contributed by atoms with Gasteiger partial charge in [0.1, 0.15) is 0 Å². The quantitative estimate of drug-likeness (QED) is 0.396. The second-order valence-electron chi connectivity index (χ2n) is 2.52. The summed E-state index contributed by atoms with van der Waals surface area (Å²) in [4.78, 5) is 0. The highest BCUT2D eigenvalue weighted by atomic mass is 15.4. The minimum atomic E-state index is 0.693. The van der Waals surface area contributed by atoms with Crippen molar-refractivity contribution in [3.63, 3.8) is 0 Å². The summed E-state index contributed by atoms with van der Waals surface area (Å²) in [5.74, 6) is 0.693. The predicted octanol–water partition coefficient (Wildman–Crippen LogP) is -0.802. The van der Waals surface area contributed by atoms with E-state index in [1.807, 2.05) is 0 Å². The predicted molar refractivity (Wildman–Crippen MR) is 35.6 cm³/mol. The second kappa shape index (κ2) is 2.01. The molecular formula is C6H11N3. The molecule has 0 aromatic carbocycles. The Morgan fingerprint density at radius 2 is 2.44 bits per heavy atom. The van der Waals surface area contributed by atoms with Gasteiger partial charge in [0.05, 0.1) is 0 Å². The van der Waals surface area contributed by atoms with Gasteiger partial charge in [0.25, 0.3) is 0 Å². The van der Waals surface area contributed by atoms with Gasteiger partial charge in [0.2, 0.25) is 0 Å². The zero-order chi connectivity index (χ0) is 6.10. The molecule has 3 nitrogen and oxygen atoms in total. The molecule has 9 heavy (non-hydrogen) atoms. The molecular weight excluding hydrogens is 114 g/mol. The molecule has 2 aliphatic heterocycles. The van der Waals surface area contributed by atoms with E-state index in [0.29, 0.717) is 5.92 Å². The Labute approximate surface area is 54.5 Å². The van der Waals surface area contributed by atoms with Crippen LogP contribution in [0.4, 0.5) is 0 Å². The van der Waals surface area contributed by atoms with E-state index >= 15 is 0 Å². The van der Waals surface area contributed by atoms with Crippen LogP contribution in [0.2, 0.25) is 0 Å². The van der Waals surface area contributed by atoms with Crippen molar-refractivity contribution in [2.45, 2.75) is 0 Å². The van der Waals surface area contributed by atoms with Crippen molar-refractivity contribution in [2.75, 3.05) is 19.6 Å². The Balaban J connectivity index is 2.16. The lowest BCUT2D eigenvalue weighted by Gasteiger charge is -2.15. The number of hydrogen-bond acceptors (Lipinski definition) is 3. The van der Waals surface area contributed by atoms with Gasteiger partial charge in [-0.3, -0.25) is 0 Å². The van der Waals surface area contributed by atoms with E-state index in [1.165, 1.54) is 5.70 Å². The summed E-state index contributed by atoms with van der Waals surface area (Å²) in [6.07, 6.45) is 2.20. The summed E-state index contributed by atoms with van der Waals surface area (Å²) in [7, 11) is 0. The average Bonchev–Trinajstić information content (AvgIpc) is 2.33. The molecule has 0 spiro atoms. The Morgan fingerprint density at radius 3 is 3.33 bits per heavy atom. The van der Waals surface area contributed by atoms with Crippen molar-refractivity contribution in [3.05, 3.63) is 11.8 Å². The standard InChI is InChI=1S/C6H11N3/c1-2-7-3-5-4-8-9-6(1)5/h1,5,7-9H,2-4H2. The van der Waals surface area contributed by atoms with Crippen LogP contribution in [-0.4, -0.2) is 19.6 Å². The first-order valence-corrected chi connectivity index (χ1v) is 3.36. The fourth-order valence-corrected chi connectivity index (χ4v) is 1.33. The average molecular weight is 125 g/mol. The van der Waals surface area contributed by atoms with Gasteiger partial charge in [0, 0.05) is 31.2 Å². The molecule has 0 aliphatic carbocycles.